The number of halogens is 1. The Kier molecular flexibility index (Phi) is 8.26. The zero-order valence-corrected chi connectivity index (χ0v) is 21.7. The number of aliphatic hydroxyl groups is 1. The first-order valence-corrected chi connectivity index (χ1v) is 12.8. The third-order valence-corrected chi connectivity index (χ3v) is 6.94. The molecule has 0 aromatic heterocycles. The fourth-order valence-electron chi connectivity index (χ4n) is 4.53. The van der Waals surface area contributed by atoms with E-state index in [-0.39, 0.29) is 11.3 Å². The van der Waals surface area contributed by atoms with Gasteiger partial charge in [-0.15, -0.1) is 0 Å². The van der Waals surface area contributed by atoms with E-state index >= 15 is 0 Å². The number of amides is 1. The number of rotatable bonds is 8. The molecular formula is C27H31BrN2O5. The molecule has 2 saturated heterocycles. The highest BCUT2D eigenvalue weighted by Crippen LogP contribution is 2.40. The van der Waals surface area contributed by atoms with Crippen molar-refractivity contribution in [2.75, 3.05) is 46.0 Å². The molecule has 0 spiro atoms. The highest BCUT2D eigenvalue weighted by atomic mass is 79.9. The van der Waals surface area contributed by atoms with Gasteiger partial charge in [0.25, 0.3) is 11.7 Å². The van der Waals surface area contributed by atoms with Crippen molar-refractivity contribution >= 4 is 33.4 Å². The second-order valence-corrected chi connectivity index (χ2v) is 9.74. The van der Waals surface area contributed by atoms with Crippen LogP contribution in [-0.4, -0.2) is 72.6 Å². The van der Waals surface area contributed by atoms with E-state index in [1.54, 1.807) is 17.0 Å². The second-order valence-electron chi connectivity index (χ2n) is 8.82. The van der Waals surface area contributed by atoms with E-state index in [0.29, 0.717) is 44.2 Å². The molecule has 35 heavy (non-hydrogen) atoms. The molecule has 2 aromatic carbocycles. The standard InChI is InChI=1S/C27H31BrN2O5/c1-3-14-35-21-8-9-22(18(2)17-21)25(31)23-24(19-4-6-20(28)7-5-19)30(27(33)26(23)32)11-10-29-12-15-34-16-13-29/h4-9,17,24,31H,3,10-16H2,1-2H3. The summed E-state index contributed by atoms with van der Waals surface area (Å²) in [5, 5.41) is 11.4. The summed E-state index contributed by atoms with van der Waals surface area (Å²) in [4.78, 5) is 30.3. The minimum Gasteiger partial charge on any atom is -0.507 e. The third-order valence-electron chi connectivity index (χ3n) is 6.41. The predicted octanol–water partition coefficient (Wildman–Crippen LogP) is 4.30. The lowest BCUT2D eigenvalue weighted by Crippen LogP contribution is -2.42. The van der Waals surface area contributed by atoms with Gasteiger partial charge >= 0.3 is 0 Å². The zero-order chi connectivity index (χ0) is 24.9. The molecule has 1 atom stereocenters. The van der Waals surface area contributed by atoms with Gasteiger partial charge in [0.2, 0.25) is 0 Å². The smallest absolute Gasteiger partial charge is 0.295 e. The minimum absolute atomic E-state index is 0.115. The number of benzene rings is 2. The molecule has 0 saturated carbocycles. The number of likely N-dealkylation sites (tertiary alicyclic amines) is 1. The fourth-order valence-corrected chi connectivity index (χ4v) is 4.80. The van der Waals surface area contributed by atoms with Crippen molar-refractivity contribution in [2.45, 2.75) is 26.3 Å². The molecule has 2 fully saturated rings. The monoisotopic (exact) mass is 542 g/mol. The average Bonchev–Trinajstić information content (AvgIpc) is 3.12. The number of ketones is 1. The summed E-state index contributed by atoms with van der Waals surface area (Å²) in [5.41, 5.74) is 2.17. The Morgan fingerprint density at radius 1 is 1.11 bits per heavy atom. The van der Waals surface area contributed by atoms with E-state index in [9.17, 15) is 14.7 Å². The first-order valence-electron chi connectivity index (χ1n) is 12.0. The van der Waals surface area contributed by atoms with E-state index in [0.717, 1.165) is 35.1 Å². The van der Waals surface area contributed by atoms with Crippen LogP contribution >= 0.6 is 15.9 Å². The summed E-state index contributed by atoms with van der Waals surface area (Å²) >= 11 is 3.45. The number of aliphatic hydroxyl groups excluding tert-OH is 1. The number of Topliss-reactive ketones (excluding diaryl/α,β-unsaturated/α-hetero) is 1. The molecule has 0 radical (unpaired) electrons. The Bertz CT molecular complexity index is 1110. The Morgan fingerprint density at radius 2 is 1.83 bits per heavy atom. The molecule has 4 rings (SSSR count). The summed E-state index contributed by atoms with van der Waals surface area (Å²) in [6.45, 7) is 8.40. The van der Waals surface area contributed by atoms with Crippen molar-refractivity contribution in [3.8, 4) is 5.75 Å². The number of hydrogen-bond donors (Lipinski definition) is 1. The Hall–Kier alpha value is -2.68. The SMILES string of the molecule is CCCOc1ccc(C(O)=C2C(=O)C(=O)N(CCN3CCOCC3)C2c2ccc(Br)cc2)c(C)c1. The van der Waals surface area contributed by atoms with Gasteiger partial charge in [-0.05, 0) is 54.8 Å². The van der Waals surface area contributed by atoms with Crippen molar-refractivity contribution in [1.29, 1.82) is 0 Å². The van der Waals surface area contributed by atoms with Crippen molar-refractivity contribution in [1.82, 2.24) is 9.80 Å². The molecule has 1 unspecified atom stereocenters. The van der Waals surface area contributed by atoms with Gasteiger partial charge in [-0.3, -0.25) is 14.5 Å². The van der Waals surface area contributed by atoms with Crippen LogP contribution in [-0.2, 0) is 14.3 Å². The molecule has 1 amide bonds. The number of morpholine rings is 1. The summed E-state index contributed by atoms with van der Waals surface area (Å²) < 4.78 is 12.0. The van der Waals surface area contributed by atoms with Gasteiger partial charge in [-0.25, -0.2) is 0 Å². The summed E-state index contributed by atoms with van der Waals surface area (Å²) in [6.07, 6.45) is 0.891. The lowest BCUT2D eigenvalue weighted by molar-refractivity contribution is -0.140. The van der Waals surface area contributed by atoms with Crippen LogP contribution in [0.15, 0.2) is 52.5 Å². The maximum absolute atomic E-state index is 13.3. The number of aryl methyl sites for hydroxylation is 1. The Balaban J connectivity index is 1.71. The summed E-state index contributed by atoms with van der Waals surface area (Å²) in [7, 11) is 0. The van der Waals surface area contributed by atoms with Gasteiger partial charge < -0.3 is 19.5 Å². The van der Waals surface area contributed by atoms with Crippen molar-refractivity contribution in [3.63, 3.8) is 0 Å². The summed E-state index contributed by atoms with van der Waals surface area (Å²) in [6, 6.07) is 12.2. The van der Waals surface area contributed by atoms with Gasteiger partial charge in [-0.1, -0.05) is 35.0 Å². The number of nitrogens with zero attached hydrogens (tertiary/aromatic N) is 2. The number of carbonyl (C=O) groups excluding carboxylic acids is 2. The Labute approximate surface area is 214 Å². The van der Waals surface area contributed by atoms with Gasteiger partial charge in [0.05, 0.1) is 31.4 Å². The van der Waals surface area contributed by atoms with E-state index in [2.05, 4.69) is 20.8 Å². The lowest BCUT2D eigenvalue weighted by Gasteiger charge is -2.31. The molecular weight excluding hydrogens is 512 g/mol. The van der Waals surface area contributed by atoms with Crippen LogP contribution in [0.1, 0.15) is 36.1 Å². The molecule has 0 aliphatic carbocycles. The van der Waals surface area contributed by atoms with Crippen molar-refractivity contribution in [2.24, 2.45) is 0 Å². The normalized spacial score (nSPS) is 20.4. The maximum Gasteiger partial charge on any atom is 0.295 e. The molecule has 186 valence electrons. The van der Waals surface area contributed by atoms with Crippen molar-refractivity contribution in [3.05, 3.63) is 69.2 Å². The molecule has 0 bridgehead atoms. The molecule has 2 aliphatic rings. The second kappa shape index (κ2) is 11.4. The Morgan fingerprint density at radius 3 is 2.49 bits per heavy atom. The molecule has 2 heterocycles. The first kappa shape index (κ1) is 25.4. The van der Waals surface area contributed by atoms with Gasteiger partial charge in [-0.2, -0.15) is 0 Å². The largest absolute Gasteiger partial charge is 0.507 e. The molecule has 8 heteroatoms. The van der Waals surface area contributed by atoms with Crippen LogP contribution < -0.4 is 4.74 Å². The topological polar surface area (TPSA) is 79.3 Å². The first-order chi connectivity index (χ1) is 16.9. The number of ether oxygens (including phenoxy) is 2. The third kappa shape index (κ3) is 5.60. The van der Waals surface area contributed by atoms with Crippen LogP contribution in [0.2, 0.25) is 0 Å². The van der Waals surface area contributed by atoms with E-state index < -0.39 is 17.7 Å². The van der Waals surface area contributed by atoms with Crippen LogP contribution in [0.3, 0.4) is 0 Å². The molecule has 1 N–H and O–H groups in total. The van der Waals surface area contributed by atoms with Crippen LogP contribution in [0.25, 0.3) is 5.76 Å². The van der Waals surface area contributed by atoms with Gasteiger partial charge in [0.15, 0.2) is 0 Å². The van der Waals surface area contributed by atoms with Gasteiger partial charge in [0.1, 0.15) is 11.5 Å². The van der Waals surface area contributed by atoms with E-state index in [1.165, 1.54) is 0 Å². The highest BCUT2D eigenvalue weighted by molar-refractivity contribution is 9.10. The quantitative estimate of drug-likeness (QED) is 0.304. The van der Waals surface area contributed by atoms with Crippen LogP contribution in [0, 0.1) is 6.92 Å². The number of carbonyl (C=O) groups is 2. The molecule has 2 aromatic rings. The van der Waals surface area contributed by atoms with Crippen molar-refractivity contribution < 1.29 is 24.2 Å². The van der Waals surface area contributed by atoms with Crippen LogP contribution in [0.5, 0.6) is 5.75 Å². The molecule has 2 aliphatic heterocycles. The van der Waals surface area contributed by atoms with E-state index in [1.807, 2.05) is 44.2 Å². The maximum atomic E-state index is 13.3. The van der Waals surface area contributed by atoms with Gasteiger partial charge in [0, 0.05) is 36.2 Å². The highest BCUT2D eigenvalue weighted by Gasteiger charge is 2.46. The predicted molar refractivity (Wildman–Crippen MR) is 137 cm³/mol. The zero-order valence-electron chi connectivity index (χ0n) is 20.1. The number of hydrogen-bond acceptors (Lipinski definition) is 6. The summed E-state index contributed by atoms with van der Waals surface area (Å²) in [5.74, 6) is -0.711. The minimum atomic E-state index is -0.667. The average molecular weight is 543 g/mol. The fraction of sp³-hybridized carbons (Fsp3) is 0.407. The lowest BCUT2D eigenvalue weighted by atomic mass is 9.94. The molecule has 7 nitrogen and oxygen atoms in total. The van der Waals surface area contributed by atoms with Crippen LogP contribution in [0.4, 0.5) is 0 Å². The van der Waals surface area contributed by atoms with E-state index in [4.69, 9.17) is 9.47 Å².